The van der Waals surface area contributed by atoms with Gasteiger partial charge < -0.3 is 5.32 Å². The molecule has 1 aliphatic carbocycles. The van der Waals surface area contributed by atoms with E-state index in [4.69, 9.17) is 0 Å². The van der Waals surface area contributed by atoms with Crippen LogP contribution in [0.4, 0.5) is 5.69 Å². The molecule has 0 bridgehead atoms. The van der Waals surface area contributed by atoms with E-state index in [1.54, 1.807) is 20.8 Å². The third kappa shape index (κ3) is 5.07. The van der Waals surface area contributed by atoms with Crippen LogP contribution in [0.3, 0.4) is 0 Å². The zero-order valence-corrected chi connectivity index (χ0v) is 17.4. The van der Waals surface area contributed by atoms with Gasteiger partial charge in [0.2, 0.25) is 15.9 Å². The molecule has 2 rings (SSSR count). The summed E-state index contributed by atoms with van der Waals surface area (Å²) in [7, 11) is -3.31. The SMILES string of the molecule is CC1Cc2cc(NC(=O)CCCCNS(=O)(=O)C(C)(C)C)ccc2C1C. The lowest BCUT2D eigenvalue weighted by Crippen LogP contribution is -2.39. The summed E-state index contributed by atoms with van der Waals surface area (Å²) in [6, 6.07) is 6.19. The number of carbonyl (C=O) groups is 1. The second-order valence-corrected chi connectivity index (χ2v) is 10.9. The summed E-state index contributed by atoms with van der Waals surface area (Å²) in [5.41, 5.74) is 3.57. The lowest BCUT2D eigenvalue weighted by Gasteiger charge is -2.19. The summed E-state index contributed by atoms with van der Waals surface area (Å²) in [6.07, 6.45) is 2.74. The zero-order valence-electron chi connectivity index (χ0n) is 16.6. The van der Waals surface area contributed by atoms with Gasteiger partial charge in [-0.15, -0.1) is 0 Å². The molecule has 1 aromatic rings. The summed E-state index contributed by atoms with van der Waals surface area (Å²) in [5, 5.41) is 2.96. The average Bonchev–Trinajstić information content (AvgIpc) is 2.80. The van der Waals surface area contributed by atoms with E-state index in [0.29, 0.717) is 37.6 Å². The molecule has 0 radical (unpaired) electrons. The largest absolute Gasteiger partial charge is 0.326 e. The molecule has 0 spiro atoms. The van der Waals surface area contributed by atoms with Crippen LogP contribution in [0.5, 0.6) is 0 Å². The van der Waals surface area contributed by atoms with Gasteiger partial charge in [0.1, 0.15) is 0 Å². The van der Waals surface area contributed by atoms with Crippen molar-refractivity contribution >= 4 is 21.6 Å². The summed E-state index contributed by atoms with van der Waals surface area (Å²) in [5.74, 6) is 1.20. The van der Waals surface area contributed by atoms with Crippen molar-refractivity contribution in [3.05, 3.63) is 29.3 Å². The first-order valence-corrected chi connectivity index (χ1v) is 10.9. The molecule has 26 heavy (non-hydrogen) atoms. The first kappa shape index (κ1) is 20.9. The molecule has 0 saturated heterocycles. The van der Waals surface area contributed by atoms with Gasteiger partial charge in [0, 0.05) is 18.7 Å². The Kier molecular flexibility index (Phi) is 6.51. The molecule has 0 fully saturated rings. The first-order valence-electron chi connectivity index (χ1n) is 9.43. The number of anilines is 1. The van der Waals surface area contributed by atoms with E-state index in [2.05, 4.69) is 36.0 Å². The highest BCUT2D eigenvalue weighted by molar-refractivity contribution is 7.90. The Morgan fingerprint density at radius 1 is 1.19 bits per heavy atom. The maximum absolute atomic E-state index is 12.1. The number of sulfonamides is 1. The maximum atomic E-state index is 12.1. The topological polar surface area (TPSA) is 75.3 Å². The minimum Gasteiger partial charge on any atom is -0.326 e. The van der Waals surface area contributed by atoms with Crippen LogP contribution in [-0.4, -0.2) is 25.6 Å². The molecule has 0 saturated carbocycles. The smallest absolute Gasteiger partial charge is 0.224 e. The van der Waals surface area contributed by atoms with Gasteiger partial charge in [-0.25, -0.2) is 13.1 Å². The zero-order chi connectivity index (χ0) is 19.5. The van der Waals surface area contributed by atoms with Crippen LogP contribution < -0.4 is 10.0 Å². The van der Waals surface area contributed by atoms with Gasteiger partial charge in [0.05, 0.1) is 4.75 Å². The van der Waals surface area contributed by atoms with E-state index in [-0.39, 0.29) is 5.91 Å². The number of fused-ring (bicyclic) bond motifs is 1. The predicted molar refractivity (Wildman–Crippen MR) is 107 cm³/mol. The highest BCUT2D eigenvalue weighted by Crippen LogP contribution is 2.38. The predicted octanol–water partition coefficient (Wildman–Crippen LogP) is 3.81. The Bertz CT molecular complexity index is 751. The van der Waals surface area contributed by atoms with Crippen LogP contribution in [-0.2, 0) is 21.2 Å². The molecule has 1 amide bonds. The quantitative estimate of drug-likeness (QED) is 0.706. The molecule has 0 aliphatic heterocycles. The van der Waals surface area contributed by atoms with E-state index in [1.807, 2.05) is 6.07 Å². The van der Waals surface area contributed by atoms with Crippen LogP contribution >= 0.6 is 0 Å². The second-order valence-electron chi connectivity index (χ2n) is 8.40. The summed E-state index contributed by atoms with van der Waals surface area (Å²) >= 11 is 0. The fourth-order valence-electron chi connectivity index (χ4n) is 3.19. The Morgan fingerprint density at radius 3 is 2.54 bits per heavy atom. The third-order valence-corrected chi connectivity index (χ3v) is 7.44. The van der Waals surface area contributed by atoms with E-state index in [9.17, 15) is 13.2 Å². The number of nitrogens with one attached hydrogen (secondary N) is 2. The third-order valence-electron chi connectivity index (χ3n) is 5.24. The molecule has 0 aromatic heterocycles. The number of rotatable bonds is 7. The molecule has 1 aliphatic rings. The lowest BCUT2D eigenvalue weighted by atomic mass is 9.97. The molecule has 1 aromatic carbocycles. The standard InChI is InChI=1S/C20H32N2O3S/c1-14-12-16-13-17(9-10-18(16)15(14)2)22-19(23)8-6-7-11-21-26(24,25)20(3,4)5/h9-10,13-15,21H,6-8,11-12H2,1-5H3,(H,22,23). The minimum atomic E-state index is -3.31. The van der Waals surface area contributed by atoms with Crippen molar-refractivity contribution in [1.82, 2.24) is 4.72 Å². The normalized spacial score (nSPS) is 20.0. The Balaban J connectivity index is 1.74. The number of carbonyl (C=O) groups excluding carboxylic acids is 1. The summed E-state index contributed by atoms with van der Waals surface area (Å²) < 4.78 is 25.7. The minimum absolute atomic E-state index is 0.0253. The fraction of sp³-hybridized carbons (Fsp3) is 0.650. The van der Waals surface area contributed by atoms with Crippen molar-refractivity contribution in [2.75, 3.05) is 11.9 Å². The van der Waals surface area contributed by atoms with Gasteiger partial charge in [-0.05, 0) is 75.1 Å². The molecule has 2 unspecified atom stereocenters. The van der Waals surface area contributed by atoms with Crippen LogP contribution in [0, 0.1) is 5.92 Å². The Hall–Kier alpha value is -1.40. The van der Waals surface area contributed by atoms with E-state index in [0.717, 1.165) is 12.1 Å². The van der Waals surface area contributed by atoms with Crippen LogP contribution in [0.25, 0.3) is 0 Å². The molecular formula is C20H32N2O3S. The van der Waals surface area contributed by atoms with Gasteiger partial charge >= 0.3 is 0 Å². The van der Waals surface area contributed by atoms with Crippen LogP contribution in [0.15, 0.2) is 18.2 Å². The summed E-state index contributed by atoms with van der Waals surface area (Å²) in [6.45, 7) is 9.88. The molecule has 0 heterocycles. The molecule has 6 heteroatoms. The van der Waals surface area contributed by atoms with E-state index < -0.39 is 14.8 Å². The highest BCUT2D eigenvalue weighted by Gasteiger charge is 2.28. The average molecular weight is 381 g/mol. The number of benzene rings is 1. The Labute approximate surface area is 158 Å². The van der Waals surface area contributed by atoms with Crippen molar-refractivity contribution in [2.45, 2.75) is 71.0 Å². The van der Waals surface area contributed by atoms with Crippen molar-refractivity contribution in [3.63, 3.8) is 0 Å². The van der Waals surface area contributed by atoms with Crippen LogP contribution in [0.1, 0.15) is 70.9 Å². The summed E-state index contributed by atoms with van der Waals surface area (Å²) in [4.78, 5) is 12.1. The van der Waals surface area contributed by atoms with Crippen molar-refractivity contribution < 1.29 is 13.2 Å². The number of unbranched alkanes of at least 4 members (excludes halogenated alkanes) is 1. The Morgan fingerprint density at radius 2 is 1.88 bits per heavy atom. The number of hydrogen-bond acceptors (Lipinski definition) is 3. The maximum Gasteiger partial charge on any atom is 0.224 e. The molecule has 2 atom stereocenters. The van der Waals surface area contributed by atoms with Crippen molar-refractivity contribution in [3.8, 4) is 0 Å². The fourth-order valence-corrected chi connectivity index (χ4v) is 4.04. The monoisotopic (exact) mass is 380 g/mol. The highest BCUT2D eigenvalue weighted by atomic mass is 32.2. The second kappa shape index (κ2) is 8.09. The molecule has 5 nitrogen and oxygen atoms in total. The lowest BCUT2D eigenvalue weighted by molar-refractivity contribution is -0.116. The number of hydrogen-bond donors (Lipinski definition) is 2. The van der Waals surface area contributed by atoms with Crippen molar-refractivity contribution in [1.29, 1.82) is 0 Å². The molecule has 146 valence electrons. The molecule has 2 N–H and O–H groups in total. The van der Waals surface area contributed by atoms with Gasteiger partial charge in [-0.3, -0.25) is 4.79 Å². The van der Waals surface area contributed by atoms with Crippen LogP contribution in [0.2, 0.25) is 0 Å². The van der Waals surface area contributed by atoms with E-state index >= 15 is 0 Å². The van der Waals surface area contributed by atoms with Gasteiger partial charge in [0.25, 0.3) is 0 Å². The van der Waals surface area contributed by atoms with Gasteiger partial charge in [0.15, 0.2) is 0 Å². The van der Waals surface area contributed by atoms with Gasteiger partial charge in [-0.1, -0.05) is 19.9 Å². The first-order chi connectivity index (χ1) is 12.0. The van der Waals surface area contributed by atoms with Crippen molar-refractivity contribution in [2.24, 2.45) is 5.92 Å². The molecular weight excluding hydrogens is 348 g/mol. The van der Waals surface area contributed by atoms with Gasteiger partial charge in [-0.2, -0.15) is 0 Å². The van der Waals surface area contributed by atoms with E-state index in [1.165, 1.54) is 11.1 Å². The number of amides is 1.